The molecule has 0 bridgehead atoms. The van der Waals surface area contributed by atoms with Crippen LogP contribution in [-0.2, 0) is 9.09 Å². The van der Waals surface area contributed by atoms with Gasteiger partial charge in [0.25, 0.3) is 0 Å². The molecule has 0 atom stereocenters. The third-order valence-electron chi connectivity index (χ3n) is 3.29. The van der Waals surface area contributed by atoms with Crippen LogP contribution >= 0.6 is 7.82 Å². The van der Waals surface area contributed by atoms with E-state index in [0.29, 0.717) is 0 Å². The smallest absolute Gasteiger partial charge is 0.0742 e. The summed E-state index contributed by atoms with van der Waals surface area (Å²) in [6.07, 6.45) is 0. The van der Waals surface area contributed by atoms with Gasteiger partial charge in [0.05, 0.1) is 47.1 Å². The highest BCUT2D eigenvalue weighted by Gasteiger charge is 1.93. The maximum atomic E-state index is 9.48. The van der Waals surface area contributed by atoms with Crippen LogP contribution in [0.4, 0.5) is 0 Å². The number of hydrogen-bond acceptors (Lipinski definition) is 4. The predicted molar refractivity (Wildman–Crippen MR) is 84.4 cm³/mol. The minimum Gasteiger partial charge on any atom is -0.790 e. The molecule has 0 unspecified atom stereocenters. The van der Waals surface area contributed by atoms with E-state index in [2.05, 4.69) is 46.1 Å². The lowest BCUT2D eigenvalue weighted by molar-refractivity contribution is -0.894. The van der Waals surface area contributed by atoms with Crippen LogP contribution in [0.5, 0.6) is 0 Å². The summed E-state index contributed by atoms with van der Waals surface area (Å²) >= 11 is 0. The maximum absolute atomic E-state index is 9.48. The van der Waals surface area contributed by atoms with Crippen LogP contribution in [-0.4, -0.2) is 45.9 Å². The van der Waals surface area contributed by atoms with E-state index in [-0.39, 0.29) is 6.61 Å². The zero-order valence-corrected chi connectivity index (χ0v) is 15.9. The third kappa shape index (κ3) is 25.3. The lowest BCUT2D eigenvalue weighted by Gasteiger charge is -2.27. The van der Waals surface area contributed by atoms with Crippen LogP contribution in [0.25, 0.3) is 0 Å². The summed E-state index contributed by atoms with van der Waals surface area (Å²) in [5.74, 6) is 0. The summed E-state index contributed by atoms with van der Waals surface area (Å²) in [6.45, 7) is 22.3. The first-order valence-corrected chi connectivity index (χ1v) is 9.55. The molecule has 21 heavy (non-hydrogen) atoms. The van der Waals surface area contributed by atoms with Crippen molar-refractivity contribution in [1.29, 1.82) is 0 Å². The van der Waals surface area contributed by atoms with Gasteiger partial charge in [0.1, 0.15) is 0 Å². The highest BCUT2D eigenvalue weighted by atomic mass is 31.2. The summed E-state index contributed by atoms with van der Waals surface area (Å²) in [5, 5.41) is 0. The molecule has 2 N–H and O–H groups in total. The Balaban J connectivity index is -0.000000231. The van der Waals surface area contributed by atoms with Gasteiger partial charge >= 0.3 is 0 Å². The Morgan fingerprint density at radius 3 is 0.952 bits per heavy atom. The van der Waals surface area contributed by atoms with Gasteiger partial charge in [-0.15, -0.1) is 0 Å². The van der Waals surface area contributed by atoms with Crippen LogP contribution in [0.1, 0.15) is 48.5 Å². The molecule has 0 saturated heterocycles. The van der Waals surface area contributed by atoms with Crippen molar-refractivity contribution in [3.8, 4) is 0 Å². The Kier molecular flexibility index (Phi) is 22.3. The fourth-order valence-electron chi connectivity index (χ4n) is 1.66. The summed E-state index contributed by atoms with van der Waals surface area (Å²) in [5.41, 5.74) is 0. The minimum atomic E-state index is -4.67. The number of quaternary nitrogens is 2. The quantitative estimate of drug-likeness (QED) is 0.544. The van der Waals surface area contributed by atoms with E-state index >= 15 is 0 Å². The van der Waals surface area contributed by atoms with Crippen molar-refractivity contribution in [1.82, 2.24) is 0 Å². The van der Waals surface area contributed by atoms with Crippen molar-refractivity contribution in [2.45, 2.75) is 48.5 Å². The number of nitrogens with one attached hydrogen (secondary N) is 2. The van der Waals surface area contributed by atoms with Crippen molar-refractivity contribution < 1.29 is 28.7 Å². The average molecular weight is 328 g/mol. The summed E-state index contributed by atoms with van der Waals surface area (Å²) < 4.78 is 13.2. The molecule has 7 heteroatoms. The van der Waals surface area contributed by atoms with Crippen LogP contribution in [0.3, 0.4) is 0 Å². The van der Waals surface area contributed by atoms with Crippen molar-refractivity contribution in [2.24, 2.45) is 0 Å². The van der Waals surface area contributed by atoms with E-state index in [9.17, 15) is 14.4 Å². The molecule has 0 aliphatic rings. The molecule has 0 aliphatic heterocycles. The van der Waals surface area contributed by atoms with Gasteiger partial charge in [0.2, 0.25) is 0 Å². The van der Waals surface area contributed by atoms with Gasteiger partial charge in [-0.2, -0.15) is 0 Å². The fraction of sp³-hybridized carbons (Fsp3) is 1.00. The first-order valence-electron chi connectivity index (χ1n) is 8.09. The maximum Gasteiger partial charge on any atom is 0.0742 e. The largest absolute Gasteiger partial charge is 0.790 e. The van der Waals surface area contributed by atoms with E-state index < -0.39 is 7.82 Å². The Labute approximate surface area is 131 Å². The van der Waals surface area contributed by atoms with Gasteiger partial charge in [-0.1, -0.05) is 0 Å². The van der Waals surface area contributed by atoms with E-state index in [4.69, 9.17) is 0 Å². The second kappa shape index (κ2) is 18.1. The fourth-order valence-corrected chi connectivity index (χ4v) is 1.97. The summed E-state index contributed by atoms with van der Waals surface area (Å²) in [6, 6.07) is 0. The monoisotopic (exact) mass is 328 g/mol. The van der Waals surface area contributed by atoms with Gasteiger partial charge in [-0.3, -0.25) is 0 Å². The molecule has 0 heterocycles. The van der Waals surface area contributed by atoms with Gasteiger partial charge in [-0.25, -0.2) is 0 Å². The van der Waals surface area contributed by atoms with Gasteiger partial charge in [-0.05, 0) is 48.5 Å². The number of phosphoric acid groups is 1. The molecule has 0 aromatic rings. The van der Waals surface area contributed by atoms with E-state index in [1.165, 1.54) is 46.2 Å². The Morgan fingerprint density at radius 1 is 0.714 bits per heavy atom. The lowest BCUT2D eigenvalue weighted by atomic mass is 10.5. The zero-order chi connectivity index (χ0) is 17.3. The molecule has 0 radical (unpaired) electrons. The molecular weight excluding hydrogens is 291 g/mol. The Morgan fingerprint density at radius 2 is 0.952 bits per heavy atom. The van der Waals surface area contributed by atoms with Crippen LogP contribution < -0.4 is 19.6 Å². The third-order valence-corrected chi connectivity index (χ3v) is 3.86. The number of phosphoric ester groups is 1. The highest BCUT2D eigenvalue weighted by Crippen LogP contribution is 2.23. The van der Waals surface area contributed by atoms with Crippen LogP contribution in [0, 0.1) is 0 Å². The molecule has 0 fully saturated rings. The number of hydrogen-bond donors (Lipinski definition) is 2. The lowest BCUT2D eigenvalue weighted by Crippen LogP contribution is -3.11. The second-order valence-electron chi connectivity index (χ2n) is 4.49. The van der Waals surface area contributed by atoms with Crippen molar-refractivity contribution >= 4 is 7.82 Å². The topological polar surface area (TPSA) is 81.3 Å². The summed E-state index contributed by atoms with van der Waals surface area (Å²) in [4.78, 5) is 22.3. The molecule has 0 saturated carbocycles. The SMILES string of the molecule is CCOP(=O)([O-])[O-].CC[NH+](CC)CC.CC[NH+](CC)CC. The predicted octanol–water partition coefficient (Wildman–Crippen LogP) is -1.29. The van der Waals surface area contributed by atoms with Gasteiger partial charge in [0, 0.05) is 6.61 Å². The van der Waals surface area contributed by atoms with Gasteiger partial charge < -0.3 is 28.7 Å². The van der Waals surface area contributed by atoms with Crippen LogP contribution in [0.15, 0.2) is 0 Å². The first-order chi connectivity index (χ1) is 9.75. The molecular formula is C14H37N2O4P. The van der Waals surface area contributed by atoms with Crippen molar-refractivity contribution in [3.05, 3.63) is 0 Å². The van der Waals surface area contributed by atoms with Crippen LogP contribution in [0.2, 0.25) is 0 Å². The molecule has 0 aliphatic carbocycles. The minimum absolute atomic E-state index is 0.0791. The Bertz CT molecular complexity index is 206. The van der Waals surface area contributed by atoms with Crippen molar-refractivity contribution in [2.75, 3.05) is 45.9 Å². The molecule has 0 rings (SSSR count). The van der Waals surface area contributed by atoms with E-state index in [0.717, 1.165) is 0 Å². The van der Waals surface area contributed by atoms with Crippen molar-refractivity contribution in [3.63, 3.8) is 0 Å². The number of rotatable bonds is 8. The molecule has 0 amide bonds. The van der Waals surface area contributed by atoms with Gasteiger partial charge in [0.15, 0.2) is 0 Å². The molecule has 0 aromatic heterocycles. The molecule has 6 nitrogen and oxygen atoms in total. The zero-order valence-electron chi connectivity index (χ0n) is 15.0. The second-order valence-corrected chi connectivity index (χ2v) is 5.64. The summed E-state index contributed by atoms with van der Waals surface area (Å²) in [7, 11) is -4.67. The van der Waals surface area contributed by atoms with E-state index in [1.54, 1.807) is 9.80 Å². The first kappa shape index (κ1) is 26.0. The molecule has 132 valence electrons. The van der Waals surface area contributed by atoms with E-state index in [1.807, 2.05) is 0 Å². The Hall–Kier alpha value is 0.0300. The standard InChI is InChI=1S/2C6H15N.C2H7O4P/c2*1-4-7(5-2)6-3;1-2-6-7(3,4)5/h2*4-6H2,1-3H3;2H2,1H3,(H2,3,4,5). The molecule has 0 aromatic carbocycles. The highest BCUT2D eigenvalue weighted by molar-refractivity contribution is 7.43. The molecule has 0 spiro atoms. The average Bonchev–Trinajstić information content (AvgIpc) is 2.43. The normalized spacial score (nSPS) is 10.8.